The summed E-state index contributed by atoms with van der Waals surface area (Å²) in [4.78, 5) is 0. The Morgan fingerprint density at radius 1 is 1.33 bits per heavy atom. The molecule has 0 unspecified atom stereocenters. The maximum absolute atomic E-state index is 5.57. The van der Waals surface area contributed by atoms with Crippen molar-refractivity contribution in [2.24, 2.45) is 5.10 Å². The molecule has 1 aromatic carbocycles. The summed E-state index contributed by atoms with van der Waals surface area (Å²) < 4.78 is 12.3. The minimum atomic E-state index is 0.563. The minimum Gasteiger partial charge on any atom is -0.493 e. The van der Waals surface area contributed by atoms with E-state index in [2.05, 4.69) is 15.3 Å². The van der Waals surface area contributed by atoms with Gasteiger partial charge in [-0.15, -0.1) is 10.2 Å². The van der Waals surface area contributed by atoms with Crippen molar-refractivity contribution in [1.29, 1.82) is 0 Å². The Hall–Kier alpha value is -2.37. The van der Waals surface area contributed by atoms with Gasteiger partial charge >= 0.3 is 0 Å². The maximum atomic E-state index is 5.57. The highest BCUT2D eigenvalue weighted by atomic mass is 16.5. The third kappa shape index (κ3) is 2.65. The van der Waals surface area contributed by atoms with Gasteiger partial charge in [-0.05, 0) is 19.1 Å². The lowest BCUT2D eigenvalue weighted by Crippen LogP contribution is -1.99. The highest BCUT2D eigenvalue weighted by Gasteiger charge is 2.08. The van der Waals surface area contributed by atoms with Crippen molar-refractivity contribution >= 4 is 6.21 Å². The fraction of sp³-hybridized carbons (Fsp3) is 0.250. The fourth-order valence-corrected chi connectivity index (χ4v) is 1.48. The molecule has 6 heteroatoms. The first-order valence-corrected chi connectivity index (χ1v) is 5.54. The van der Waals surface area contributed by atoms with E-state index in [0.29, 0.717) is 18.1 Å². The molecule has 0 saturated carbocycles. The van der Waals surface area contributed by atoms with Gasteiger partial charge in [0.15, 0.2) is 11.5 Å². The van der Waals surface area contributed by atoms with Crippen LogP contribution >= 0.6 is 0 Å². The Balaban J connectivity index is 2.31. The normalized spacial score (nSPS) is 10.8. The smallest absolute Gasteiger partial charge is 0.169 e. The molecule has 1 aromatic heterocycles. The summed E-state index contributed by atoms with van der Waals surface area (Å²) in [7, 11) is 1.61. The molecule has 0 bridgehead atoms. The van der Waals surface area contributed by atoms with Crippen molar-refractivity contribution in [2.45, 2.75) is 6.92 Å². The number of hydrogen-bond acceptors (Lipinski definition) is 5. The lowest BCUT2D eigenvalue weighted by molar-refractivity contribution is 0.310. The number of nitrogens with zero attached hydrogens (tertiary/aromatic N) is 4. The molecule has 0 radical (unpaired) electrons. The number of benzene rings is 1. The van der Waals surface area contributed by atoms with Gasteiger partial charge in [-0.3, -0.25) is 0 Å². The number of rotatable bonds is 5. The van der Waals surface area contributed by atoms with E-state index in [-0.39, 0.29) is 0 Å². The Bertz CT molecular complexity index is 523. The Kier molecular flexibility index (Phi) is 3.90. The lowest BCUT2D eigenvalue weighted by atomic mass is 10.2. The average molecular weight is 246 g/mol. The van der Waals surface area contributed by atoms with Crippen LogP contribution in [0.1, 0.15) is 12.5 Å². The van der Waals surface area contributed by atoms with Gasteiger partial charge in [0.1, 0.15) is 12.7 Å². The molecule has 0 saturated heterocycles. The first kappa shape index (κ1) is 12.1. The summed E-state index contributed by atoms with van der Waals surface area (Å²) in [5, 5.41) is 11.5. The third-order valence-electron chi connectivity index (χ3n) is 2.25. The van der Waals surface area contributed by atoms with E-state index in [9.17, 15) is 0 Å². The number of para-hydroxylation sites is 1. The lowest BCUT2D eigenvalue weighted by Gasteiger charge is -2.11. The van der Waals surface area contributed by atoms with E-state index >= 15 is 0 Å². The molecule has 0 amide bonds. The van der Waals surface area contributed by atoms with Crippen LogP contribution in [0.5, 0.6) is 11.5 Å². The highest BCUT2D eigenvalue weighted by molar-refractivity contribution is 5.85. The standard InChI is InChI=1S/C12H14N4O2/c1-3-18-12-10(5-4-6-11(12)17-2)7-15-16-8-13-14-9-16/h4-9H,3H2,1-2H3/b15-7+. The molecule has 2 rings (SSSR count). The van der Waals surface area contributed by atoms with Crippen LogP contribution in [0, 0.1) is 0 Å². The molecule has 0 N–H and O–H groups in total. The zero-order valence-corrected chi connectivity index (χ0v) is 10.3. The van der Waals surface area contributed by atoms with Crippen LogP contribution < -0.4 is 9.47 Å². The second-order valence-corrected chi connectivity index (χ2v) is 3.40. The first-order chi connectivity index (χ1) is 8.85. The number of aromatic nitrogens is 3. The molecule has 0 atom stereocenters. The number of hydrogen-bond donors (Lipinski definition) is 0. The maximum Gasteiger partial charge on any atom is 0.169 e. The number of ether oxygens (including phenoxy) is 2. The zero-order chi connectivity index (χ0) is 12.8. The molecule has 0 aliphatic carbocycles. The molecule has 1 heterocycles. The molecule has 2 aromatic rings. The predicted octanol–water partition coefficient (Wildman–Crippen LogP) is 1.57. The van der Waals surface area contributed by atoms with Gasteiger partial charge in [0, 0.05) is 5.56 Å². The Morgan fingerprint density at radius 2 is 2.11 bits per heavy atom. The van der Waals surface area contributed by atoms with Gasteiger partial charge in [-0.25, -0.2) is 4.68 Å². The molecule has 0 aliphatic rings. The van der Waals surface area contributed by atoms with Gasteiger partial charge in [0.05, 0.1) is 19.9 Å². The molecule has 0 spiro atoms. The second kappa shape index (κ2) is 5.81. The van der Waals surface area contributed by atoms with E-state index in [1.165, 1.54) is 17.3 Å². The van der Waals surface area contributed by atoms with Crippen molar-refractivity contribution in [3.05, 3.63) is 36.4 Å². The van der Waals surface area contributed by atoms with E-state index in [4.69, 9.17) is 9.47 Å². The van der Waals surface area contributed by atoms with Gasteiger partial charge < -0.3 is 9.47 Å². The van der Waals surface area contributed by atoms with Gasteiger partial charge in [0.25, 0.3) is 0 Å². The van der Waals surface area contributed by atoms with Crippen molar-refractivity contribution in [1.82, 2.24) is 14.9 Å². The quantitative estimate of drug-likeness (QED) is 0.751. The summed E-state index contributed by atoms with van der Waals surface area (Å²) in [6.07, 6.45) is 4.70. The molecule has 0 aliphatic heterocycles. The van der Waals surface area contributed by atoms with E-state index in [0.717, 1.165) is 5.56 Å². The number of methoxy groups -OCH3 is 1. The van der Waals surface area contributed by atoms with Gasteiger partial charge in [-0.2, -0.15) is 5.10 Å². The van der Waals surface area contributed by atoms with Crippen molar-refractivity contribution < 1.29 is 9.47 Å². The SMILES string of the molecule is CCOc1c(/C=N/n2cnnc2)cccc1OC. The third-order valence-corrected chi connectivity index (χ3v) is 2.25. The molecule has 18 heavy (non-hydrogen) atoms. The molecular formula is C12H14N4O2. The van der Waals surface area contributed by atoms with Crippen molar-refractivity contribution in [3.63, 3.8) is 0 Å². The highest BCUT2D eigenvalue weighted by Crippen LogP contribution is 2.29. The Morgan fingerprint density at radius 3 is 2.78 bits per heavy atom. The van der Waals surface area contributed by atoms with Crippen LogP contribution in [0.25, 0.3) is 0 Å². The van der Waals surface area contributed by atoms with Gasteiger partial charge in [0.2, 0.25) is 0 Å². The summed E-state index contributed by atoms with van der Waals surface area (Å²) in [6, 6.07) is 5.64. The summed E-state index contributed by atoms with van der Waals surface area (Å²) >= 11 is 0. The van der Waals surface area contributed by atoms with Crippen LogP contribution in [0.3, 0.4) is 0 Å². The van der Waals surface area contributed by atoms with Crippen LogP contribution in [-0.4, -0.2) is 34.8 Å². The summed E-state index contributed by atoms with van der Waals surface area (Å²) in [5.74, 6) is 1.36. The van der Waals surface area contributed by atoms with Crippen molar-refractivity contribution in [2.75, 3.05) is 13.7 Å². The van der Waals surface area contributed by atoms with Crippen molar-refractivity contribution in [3.8, 4) is 11.5 Å². The summed E-state index contributed by atoms with van der Waals surface area (Å²) in [6.45, 7) is 2.49. The Labute approximate surface area is 105 Å². The second-order valence-electron chi connectivity index (χ2n) is 3.40. The van der Waals surface area contributed by atoms with Crippen LogP contribution in [-0.2, 0) is 0 Å². The topological polar surface area (TPSA) is 61.5 Å². The van der Waals surface area contributed by atoms with E-state index in [1.54, 1.807) is 13.3 Å². The average Bonchev–Trinajstić information content (AvgIpc) is 2.91. The predicted molar refractivity (Wildman–Crippen MR) is 67.2 cm³/mol. The molecule has 0 fully saturated rings. The fourth-order valence-electron chi connectivity index (χ4n) is 1.48. The van der Waals surface area contributed by atoms with E-state index in [1.807, 2.05) is 25.1 Å². The largest absolute Gasteiger partial charge is 0.493 e. The molecule has 94 valence electrons. The van der Waals surface area contributed by atoms with Crippen LogP contribution in [0.2, 0.25) is 0 Å². The van der Waals surface area contributed by atoms with E-state index < -0.39 is 0 Å². The minimum absolute atomic E-state index is 0.563. The van der Waals surface area contributed by atoms with Gasteiger partial charge in [-0.1, -0.05) is 6.07 Å². The van der Waals surface area contributed by atoms with Crippen LogP contribution in [0.15, 0.2) is 36.0 Å². The first-order valence-electron chi connectivity index (χ1n) is 5.54. The summed E-state index contributed by atoms with van der Waals surface area (Å²) in [5.41, 5.74) is 0.838. The zero-order valence-electron chi connectivity index (χ0n) is 10.3. The van der Waals surface area contributed by atoms with Crippen LogP contribution in [0.4, 0.5) is 0 Å². The molecular weight excluding hydrogens is 232 g/mol. The molecule has 6 nitrogen and oxygen atoms in total. The monoisotopic (exact) mass is 246 g/mol.